The van der Waals surface area contributed by atoms with Crippen molar-refractivity contribution in [3.8, 4) is 11.8 Å². The largest absolute Gasteiger partial charge is 0.362 e. The van der Waals surface area contributed by atoms with Gasteiger partial charge in [0, 0.05) is 18.5 Å². The van der Waals surface area contributed by atoms with Crippen LogP contribution in [-0.2, 0) is 4.74 Å². The van der Waals surface area contributed by atoms with Crippen LogP contribution < -0.4 is 5.43 Å². The lowest BCUT2D eigenvalue weighted by Crippen LogP contribution is -2.18. The van der Waals surface area contributed by atoms with E-state index in [0.29, 0.717) is 12.2 Å². The predicted octanol–water partition coefficient (Wildman–Crippen LogP) is 7.01. The van der Waals surface area contributed by atoms with E-state index < -0.39 is 11.2 Å². The van der Waals surface area contributed by atoms with E-state index in [1.54, 1.807) is 0 Å². The van der Waals surface area contributed by atoms with Crippen LogP contribution in [0.4, 0.5) is 4.39 Å². The lowest BCUT2D eigenvalue weighted by atomic mass is 9.88. The molecular formula is C29H36FNO2. The Morgan fingerprint density at radius 3 is 2.73 bits per heavy atom. The van der Waals surface area contributed by atoms with E-state index >= 15 is 0 Å². The summed E-state index contributed by atoms with van der Waals surface area (Å²) in [6.07, 6.45) is 15.1. The number of rotatable bonds is 7. The van der Waals surface area contributed by atoms with E-state index in [4.69, 9.17) is 4.74 Å². The molecule has 176 valence electrons. The Labute approximate surface area is 197 Å². The van der Waals surface area contributed by atoms with Crippen LogP contribution in [0.5, 0.6) is 0 Å². The molecule has 2 rings (SSSR count). The van der Waals surface area contributed by atoms with Gasteiger partial charge in [-0.2, -0.15) is 0 Å². The summed E-state index contributed by atoms with van der Waals surface area (Å²) in [4.78, 5) is 16.1. The van der Waals surface area contributed by atoms with E-state index in [-0.39, 0.29) is 12.0 Å². The van der Waals surface area contributed by atoms with Gasteiger partial charge in [0.25, 0.3) is 0 Å². The fourth-order valence-corrected chi connectivity index (χ4v) is 3.98. The smallest absolute Gasteiger partial charge is 0.225 e. The summed E-state index contributed by atoms with van der Waals surface area (Å²) in [6.45, 7) is 12.7. The minimum Gasteiger partial charge on any atom is -0.362 e. The second-order valence-corrected chi connectivity index (χ2v) is 8.36. The third-order valence-electron chi connectivity index (χ3n) is 5.73. The molecule has 0 fully saturated rings. The monoisotopic (exact) mass is 449 g/mol. The number of allylic oxidation sites excluding steroid dienone is 9. The van der Waals surface area contributed by atoms with E-state index in [1.165, 1.54) is 6.20 Å². The third-order valence-corrected chi connectivity index (χ3v) is 5.73. The molecule has 0 aromatic carbocycles. The molecule has 1 N–H and O–H groups in total. The van der Waals surface area contributed by atoms with Gasteiger partial charge in [-0.1, -0.05) is 50.0 Å². The molecule has 3 nitrogen and oxygen atoms in total. The molecular weight excluding hydrogens is 413 g/mol. The Hall–Kier alpha value is -2.90. The van der Waals surface area contributed by atoms with Crippen molar-refractivity contribution in [2.45, 2.75) is 72.8 Å². The third kappa shape index (κ3) is 6.79. The first kappa shape index (κ1) is 26.4. The van der Waals surface area contributed by atoms with E-state index in [1.807, 2.05) is 64.2 Å². The average molecular weight is 450 g/mol. The quantitative estimate of drug-likeness (QED) is 0.276. The standard InChI is InChI=1S/C29H36FNO2/c1-7-10-13-21(5)26-24(20(4)14-11-15-23(12-8-2)33-18-9-3)17-16-22(6)28-27(26)29(32)25(30)19-31-28/h7-8,10,12-14,19,22-23H,9,16-18H2,1-6H3,(H,31,32)/b10-7-,12-8-,20-14+,21-13+. The molecule has 1 aliphatic carbocycles. The molecule has 0 saturated carbocycles. The summed E-state index contributed by atoms with van der Waals surface area (Å²) in [5.74, 6) is 5.65. The minimum absolute atomic E-state index is 0.107. The second-order valence-electron chi connectivity index (χ2n) is 8.36. The first-order chi connectivity index (χ1) is 15.8. The SMILES string of the molecule is C/C=C\C=C(/C)C1=C(/C(C)=C/C#CC(/C=C\C)OCCC)CCC(C)c2[nH]cc(F)c(=O)c21. The van der Waals surface area contributed by atoms with Crippen LogP contribution in [-0.4, -0.2) is 17.7 Å². The maximum absolute atomic E-state index is 14.4. The highest BCUT2D eigenvalue weighted by Gasteiger charge is 2.27. The highest BCUT2D eigenvalue weighted by Crippen LogP contribution is 2.40. The molecule has 1 aromatic rings. The predicted molar refractivity (Wildman–Crippen MR) is 137 cm³/mol. The summed E-state index contributed by atoms with van der Waals surface area (Å²) in [7, 11) is 0. The molecule has 1 aromatic heterocycles. The second kappa shape index (κ2) is 13.0. The number of ether oxygens (including phenoxy) is 1. The molecule has 1 aliphatic rings. The topological polar surface area (TPSA) is 42.1 Å². The van der Waals surface area contributed by atoms with Crippen molar-refractivity contribution >= 4 is 5.57 Å². The molecule has 2 unspecified atom stereocenters. The molecule has 2 atom stereocenters. The first-order valence-corrected chi connectivity index (χ1v) is 11.7. The van der Waals surface area contributed by atoms with Gasteiger partial charge in [-0.25, -0.2) is 4.39 Å². The Balaban J connectivity index is 2.69. The van der Waals surface area contributed by atoms with Crippen molar-refractivity contribution in [3.05, 3.63) is 86.7 Å². The summed E-state index contributed by atoms with van der Waals surface area (Å²) >= 11 is 0. The van der Waals surface area contributed by atoms with Crippen LogP contribution in [0.1, 0.15) is 78.0 Å². The fourth-order valence-electron chi connectivity index (χ4n) is 3.98. The Bertz CT molecular complexity index is 1100. The van der Waals surface area contributed by atoms with E-state index in [0.717, 1.165) is 47.2 Å². The molecule has 0 bridgehead atoms. The van der Waals surface area contributed by atoms with E-state index in [9.17, 15) is 9.18 Å². The van der Waals surface area contributed by atoms with Gasteiger partial charge in [-0.3, -0.25) is 4.79 Å². The number of H-pyrrole nitrogens is 1. The minimum atomic E-state index is -0.762. The van der Waals surface area contributed by atoms with Crippen LogP contribution in [0.15, 0.2) is 64.2 Å². The maximum Gasteiger partial charge on any atom is 0.225 e. The Kier molecular flexibility index (Phi) is 10.4. The van der Waals surface area contributed by atoms with Crippen molar-refractivity contribution in [2.75, 3.05) is 6.61 Å². The normalized spacial score (nSPS) is 18.3. The van der Waals surface area contributed by atoms with Crippen LogP contribution in [0.2, 0.25) is 0 Å². The summed E-state index contributed by atoms with van der Waals surface area (Å²) in [5, 5.41) is 0. The maximum atomic E-state index is 14.4. The van der Waals surface area contributed by atoms with Gasteiger partial charge in [0.15, 0.2) is 5.82 Å². The Morgan fingerprint density at radius 2 is 2.06 bits per heavy atom. The number of hydrogen-bond donors (Lipinski definition) is 1. The van der Waals surface area contributed by atoms with Gasteiger partial charge in [0.2, 0.25) is 5.43 Å². The average Bonchev–Trinajstić information content (AvgIpc) is 2.95. The number of aromatic amines is 1. The number of nitrogens with one attached hydrogen (secondary N) is 1. The lowest BCUT2D eigenvalue weighted by Gasteiger charge is -2.16. The molecule has 0 radical (unpaired) electrons. The summed E-state index contributed by atoms with van der Waals surface area (Å²) < 4.78 is 20.2. The van der Waals surface area contributed by atoms with Crippen molar-refractivity contribution < 1.29 is 9.13 Å². The zero-order chi connectivity index (χ0) is 24.4. The number of hydrogen-bond acceptors (Lipinski definition) is 2. The van der Waals surface area contributed by atoms with Gasteiger partial charge in [-0.05, 0) is 87.3 Å². The van der Waals surface area contributed by atoms with Crippen molar-refractivity contribution in [3.63, 3.8) is 0 Å². The van der Waals surface area contributed by atoms with Gasteiger partial charge >= 0.3 is 0 Å². The molecule has 0 amide bonds. The molecule has 33 heavy (non-hydrogen) atoms. The number of pyridine rings is 1. The molecule has 1 heterocycles. The van der Waals surface area contributed by atoms with Crippen LogP contribution in [0.3, 0.4) is 0 Å². The zero-order valence-corrected chi connectivity index (χ0v) is 20.7. The lowest BCUT2D eigenvalue weighted by molar-refractivity contribution is 0.121. The highest BCUT2D eigenvalue weighted by molar-refractivity contribution is 5.85. The van der Waals surface area contributed by atoms with Gasteiger partial charge in [-0.15, -0.1) is 0 Å². The number of aromatic nitrogens is 1. The van der Waals surface area contributed by atoms with Gasteiger partial charge in [0.05, 0.1) is 5.56 Å². The van der Waals surface area contributed by atoms with Crippen LogP contribution >= 0.6 is 0 Å². The van der Waals surface area contributed by atoms with Crippen LogP contribution in [0, 0.1) is 17.7 Å². The number of halogens is 1. The Morgan fingerprint density at radius 1 is 1.30 bits per heavy atom. The summed E-state index contributed by atoms with van der Waals surface area (Å²) in [6, 6.07) is 0. The highest BCUT2D eigenvalue weighted by atomic mass is 19.1. The zero-order valence-electron chi connectivity index (χ0n) is 20.7. The fraction of sp³-hybridized carbons (Fsp3) is 0.414. The van der Waals surface area contributed by atoms with E-state index in [2.05, 4.69) is 30.7 Å². The number of fused-ring (bicyclic) bond motifs is 1. The van der Waals surface area contributed by atoms with Crippen molar-refractivity contribution in [1.82, 2.24) is 4.98 Å². The molecule has 0 aliphatic heterocycles. The van der Waals surface area contributed by atoms with Crippen molar-refractivity contribution in [1.29, 1.82) is 0 Å². The van der Waals surface area contributed by atoms with Crippen molar-refractivity contribution in [2.24, 2.45) is 0 Å². The molecule has 0 saturated heterocycles. The first-order valence-electron chi connectivity index (χ1n) is 11.7. The molecule has 4 heteroatoms. The van der Waals surface area contributed by atoms with Crippen LogP contribution in [0.25, 0.3) is 5.57 Å². The van der Waals surface area contributed by atoms with Gasteiger partial charge < -0.3 is 9.72 Å². The summed E-state index contributed by atoms with van der Waals surface area (Å²) in [5.41, 5.74) is 4.40. The molecule has 0 spiro atoms. The van der Waals surface area contributed by atoms with Gasteiger partial charge in [0.1, 0.15) is 6.10 Å².